The van der Waals surface area contributed by atoms with Crippen LogP contribution >= 0.6 is 0 Å². The highest BCUT2D eigenvalue weighted by Gasteiger charge is 2.24. The number of hydrogen-bond acceptors (Lipinski definition) is 3. The molecule has 2 amide bonds. The summed E-state index contributed by atoms with van der Waals surface area (Å²) >= 11 is 0. The van der Waals surface area contributed by atoms with Gasteiger partial charge in [-0.3, -0.25) is 0 Å². The summed E-state index contributed by atoms with van der Waals surface area (Å²) in [6.45, 7) is 8.91. The van der Waals surface area contributed by atoms with Crippen molar-refractivity contribution in [3.05, 3.63) is 71.7 Å². The third-order valence-corrected chi connectivity index (χ3v) is 4.93. The lowest BCUT2D eigenvalue weighted by atomic mass is 10.2. The van der Waals surface area contributed by atoms with Crippen LogP contribution in [0.2, 0.25) is 0 Å². The summed E-state index contributed by atoms with van der Waals surface area (Å²) in [5.74, 6) is 0.869. The van der Waals surface area contributed by atoms with Gasteiger partial charge in [0.15, 0.2) is 0 Å². The Kier molecular flexibility index (Phi) is 7.87. The number of amides is 2. The summed E-state index contributed by atoms with van der Waals surface area (Å²) in [5.41, 5.74) is 2.36. The summed E-state index contributed by atoms with van der Waals surface area (Å²) in [5, 5.41) is 7.75. The van der Waals surface area contributed by atoms with Gasteiger partial charge in [-0.1, -0.05) is 32.0 Å². The van der Waals surface area contributed by atoms with Crippen LogP contribution in [0, 0.1) is 5.82 Å². The van der Waals surface area contributed by atoms with Gasteiger partial charge < -0.3 is 15.0 Å². The standard InChI is InChI=1S/C25H31FN4O2/c1-5-16-29(25(31)27-18(3)4)17-22-23(6-2)28-30(20-14-12-19(26)13-15-20)24(22)32-21-10-8-7-9-11-21/h7-15,18H,5-6,16-17H2,1-4H3,(H,27,31). The number of rotatable bonds is 9. The topological polar surface area (TPSA) is 59.4 Å². The molecule has 0 fully saturated rings. The second kappa shape index (κ2) is 10.8. The zero-order valence-corrected chi connectivity index (χ0v) is 19.1. The lowest BCUT2D eigenvalue weighted by Crippen LogP contribution is -2.43. The Labute approximate surface area is 189 Å². The van der Waals surface area contributed by atoms with Crippen molar-refractivity contribution in [3.8, 4) is 17.3 Å². The molecule has 6 nitrogen and oxygen atoms in total. The second-order valence-electron chi connectivity index (χ2n) is 7.91. The fourth-order valence-corrected chi connectivity index (χ4v) is 3.43. The number of ether oxygens (including phenoxy) is 1. The maximum absolute atomic E-state index is 13.5. The minimum absolute atomic E-state index is 0.0366. The van der Waals surface area contributed by atoms with E-state index in [1.54, 1.807) is 21.7 Å². The molecule has 2 aromatic carbocycles. The third kappa shape index (κ3) is 5.66. The smallest absolute Gasteiger partial charge is 0.317 e. The Morgan fingerprint density at radius 1 is 1.12 bits per heavy atom. The van der Waals surface area contributed by atoms with Gasteiger partial charge in [0.1, 0.15) is 11.6 Å². The molecular formula is C25H31FN4O2. The molecule has 0 aliphatic rings. The van der Waals surface area contributed by atoms with Crippen LogP contribution in [-0.2, 0) is 13.0 Å². The van der Waals surface area contributed by atoms with E-state index in [4.69, 9.17) is 9.84 Å². The van der Waals surface area contributed by atoms with Crippen molar-refractivity contribution in [2.45, 2.75) is 53.1 Å². The average molecular weight is 439 g/mol. The van der Waals surface area contributed by atoms with Crippen molar-refractivity contribution in [1.29, 1.82) is 0 Å². The van der Waals surface area contributed by atoms with Crippen molar-refractivity contribution in [3.63, 3.8) is 0 Å². The van der Waals surface area contributed by atoms with Gasteiger partial charge in [-0.05, 0) is 63.1 Å². The third-order valence-electron chi connectivity index (χ3n) is 4.93. The predicted octanol–water partition coefficient (Wildman–Crippen LogP) is 5.70. The molecule has 3 rings (SSSR count). The number of aromatic nitrogens is 2. The maximum atomic E-state index is 13.5. The summed E-state index contributed by atoms with van der Waals surface area (Å²) < 4.78 is 21.5. The molecule has 0 unspecified atom stereocenters. The van der Waals surface area contributed by atoms with E-state index in [-0.39, 0.29) is 17.9 Å². The molecule has 32 heavy (non-hydrogen) atoms. The van der Waals surface area contributed by atoms with E-state index in [1.807, 2.05) is 58.0 Å². The van der Waals surface area contributed by atoms with Crippen LogP contribution in [0.1, 0.15) is 45.4 Å². The first kappa shape index (κ1) is 23.3. The van der Waals surface area contributed by atoms with Gasteiger partial charge in [0.05, 0.1) is 23.5 Å². The van der Waals surface area contributed by atoms with Crippen LogP contribution in [0.25, 0.3) is 5.69 Å². The van der Waals surface area contributed by atoms with Crippen molar-refractivity contribution >= 4 is 6.03 Å². The molecule has 1 N–H and O–H groups in total. The zero-order chi connectivity index (χ0) is 23.1. The number of nitrogens with one attached hydrogen (secondary N) is 1. The number of benzene rings is 2. The highest BCUT2D eigenvalue weighted by Crippen LogP contribution is 2.32. The molecule has 0 spiro atoms. The molecule has 0 bridgehead atoms. The number of para-hydroxylation sites is 1. The maximum Gasteiger partial charge on any atom is 0.317 e. The molecule has 170 valence electrons. The van der Waals surface area contributed by atoms with Gasteiger partial charge in [0.2, 0.25) is 5.88 Å². The highest BCUT2D eigenvalue weighted by molar-refractivity contribution is 5.74. The summed E-state index contributed by atoms with van der Waals surface area (Å²) in [6.07, 6.45) is 1.49. The quantitative estimate of drug-likeness (QED) is 0.466. The van der Waals surface area contributed by atoms with Crippen LogP contribution in [0.5, 0.6) is 11.6 Å². The Hall–Kier alpha value is -3.35. The van der Waals surface area contributed by atoms with Gasteiger partial charge in [-0.25, -0.2) is 13.9 Å². The highest BCUT2D eigenvalue weighted by atomic mass is 19.1. The Morgan fingerprint density at radius 2 is 1.81 bits per heavy atom. The van der Waals surface area contributed by atoms with Gasteiger partial charge >= 0.3 is 6.03 Å². The fourth-order valence-electron chi connectivity index (χ4n) is 3.43. The first-order valence-corrected chi connectivity index (χ1v) is 11.1. The molecular weight excluding hydrogens is 407 g/mol. The van der Waals surface area contributed by atoms with E-state index in [2.05, 4.69) is 5.32 Å². The van der Waals surface area contributed by atoms with Crippen LogP contribution in [0.4, 0.5) is 9.18 Å². The van der Waals surface area contributed by atoms with E-state index in [0.29, 0.717) is 36.8 Å². The Morgan fingerprint density at radius 3 is 2.41 bits per heavy atom. The molecule has 0 aliphatic heterocycles. The molecule has 0 aliphatic carbocycles. The lowest BCUT2D eigenvalue weighted by Gasteiger charge is -2.24. The van der Waals surface area contributed by atoms with Crippen molar-refractivity contribution < 1.29 is 13.9 Å². The number of carbonyl (C=O) groups is 1. The minimum Gasteiger partial charge on any atom is -0.439 e. The Balaban J connectivity index is 2.08. The van der Waals surface area contributed by atoms with E-state index in [1.165, 1.54) is 12.1 Å². The molecule has 1 heterocycles. The lowest BCUT2D eigenvalue weighted by molar-refractivity contribution is 0.192. The summed E-state index contributed by atoms with van der Waals surface area (Å²) in [6, 6.07) is 15.5. The second-order valence-corrected chi connectivity index (χ2v) is 7.91. The number of aryl methyl sites for hydroxylation is 1. The summed E-state index contributed by atoms with van der Waals surface area (Å²) in [7, 11) is 0. The van der Waals surface area contributed by atoms with Crippen LogP contribution in [-0.4, -0.2) is 33.3 Å². The monoisotopic (exact) mass is 438 g/mol. The zero-order valence-electron chi connectivity index (χ0n) is 19.1. The molecule has 0 saturated carbocycles. The molecule has 7 heteroatoms. The number of nitrogens with zero attached hydrogens (tertiary/aromatic N) is 3. The first-order valence-electron chi connectivity index (χ1n) is 11.1. The summed E-state index contributed by atoms with van der Waals surface area (Å²) in [4.78, 5) is 14.6. The number of carbonyl (C=O) groups excluding carboxylic acids is 1. The van der Waals surface area contributed by atoms with Gasteiger partial charge in [0.25, 0.3) is 0 Å². The molecule has 0 saturated heterocycles. The van der Waals surface area contributed by atoms with Crippen molar-refractivity contribution in [2.24, 2.45) is 0 Å². The van der Waals surface area contributed by atoms with E-state index < -0.39 is 0 Å². The molecule has 0 radical (unpaired) electrons. The largest absolute Gasteiger partial charge is 0.439 e. The number of urea groups is 1. The average Bonchev–Trinajstić information content (AvgIpc) is 3.11. The molecule has 3 aromatic rings. The van der Waals surface area contributed by atoms with Crippen LogP contribution < -0.4 is 10.1 Å². The van der Waals surface area contributed by atoms with Gasteiger partial charge in [-0.15, -0.1) is 0 Å². The van der Waals surface area contributed by atoms with E-state index in [9.17, 15) is 9.18 Å². The number of halogens is 1. The minimum atomic E-state index is -0.318. The number of hydrogen-bond donors (Lipinski definition) is 1. The van der Waals surface area contributed by atoms with Gasteiger partial charge in [0, 0.05) is 12.6 Å². The molecule has 1 aromatic heterocycles. The normalized spacial score (nSPS) is 10.9. The van der Waals surface area contributed by atoms with Crippen molar-refractivity contribution in [2.75, 3.05) is 6.54 Å². The predicted molar refractivity (Wildman–Crippen MR) is 124 cm³/mol. The first-order chi connectivity index (χ1) is 15.4. The van der Waals surface area contributed by atoms with E-state index in [0.717, 1.165) is 17.7 Å². The van der Waals surface area contributed by atoms with E-state index >= 15 is 0 Å². The SMILES string of the molecule is CCCN(Cc1c(CC)nn(-c2ccc(F)cc2)c1Oc1ccccc1)C(=O)NC(C)C. The van der Waals surface area contributed by atoms with Crippen LogP contribution in [0.3, 0.4) is 0 Å². The van der Waals surface area contributed by atoms with Crippen molar-refractivity contribution in [1.82, 2.24) is 20.0 Å². The Bertz CT molecular complexity index is 1020. The van der Waals surface area contributed by atoms with Crippen LogP contribution in [0.15, 0.2) is 54.6 Å². The van der Waals surface area contributed by atoms with Gasteiger partial charge in [-0.2, -0.15) is 5.10 Å². The fraction of sp³-hybridized carbons (Fsp3) is 0.360. The molecule has 0 atom stereocenters.